The summed E-state index contributed by atoms with van der Waals surface area (Å²) in [5, 5.41) is 14.8. The van der Waals surface area contributed by atoms with Crippen LogP contribution in [0.15, 0.2) is 34.8 Å². The van der Waals surface area contributed by atoms with E-state index in [0.29, 0.717) is 12.1 Å². The quantitative estimate of drug-likeness (QED) is 0.605. The molecule has 23 heavy (non-hydrogen) atoms. The molecule has 2 aromatic carbocycles. The number of phenols is 1. The van der Waals surface area contributed by atoms with Crippen LogP contribution in [-0.4, -0.2) is 17.6 Å². The van der Waals surface area contributed by atoms with Gasteiger partial charge in [0.05, 0.1) is 5.56 Å². The summed E-state index contributed by atoms with van der Waals surface area (Å²) in [6.07, 6.45) is 7.14. The van der Waals surface area contributed by atoms with E-state index < -0.39 is 0 Å². The van der Waals surface area contributed by atoms with Crippen LogP contribution < -0.4 is 5.32 Å². The van der Waals surface area contributed by atoms with Crippen molar-refractivity contribution in [2.45, 2.75) is 45.4 Å². The second kappa shape index (κ2) is 8.92. The lowest BCUT2D eigenvalue weighted by Crippen LogP contribution is -2.24. The van der Waals surface area contributed by atoms with Gasteiger partial charge in [0.2, 0.25) is 0 Å². The summed E-state index contributed by atoms with van der Waals surface area (Å²) in [6, 6.07) is 9.16. The summed E-state index contributed by atoms with van der Waals surface area (Å²) >= 11 is 3.43. The second-order valence-electron chi connectivity index (χ2n) is 5.88. The van der Waals surface area contributed by atoms with E-state index in [-0.39, 0.29) is 11.7 Å². The highest BCUT2D eigenvalue weighted by atomic mass is 79.9. The highest BCUT2D eigenvalue weighted by Gasteiger charge is 2.12. The van der Waals surface area contributed by atoms with E-state index in [1.54, 1.807) is 12.1 Å². The van der Waals surface area contributed by atoms with E-state index in [9.17, 15) is 9.90 Å². The molecule has 2 N–H and O–H groups in total. The van der Waals surface area contributed by atoms with Gasteiger partial charge in [-0.25, -0.2) is 0 Å². The summed E-state index contributed by atoms with van der Waals surface area (Å²) in [6.45, 7) is 2.86. The average Bonchev–Trinajstić information content (AvgIpc) is 2.53. The molecule has 0 heterocycles. The minimum absolute atomic E-state index is 0.0280. The molecule has 0 unspecified atom stereocenters. The third kappa shape index (κ3) is 5.24. The van der Waals surface area contributed by atoms with Crippen molar-refractivity contribution in [1.29, 1.82) is 0 Å². The first-order valence-electron chi connectivity index (χ1n) is 8.32. The molecule has 2 aromatic rings. The zero-order chi connectivity index (χ0) is 16.7. The number of benzene rings is 2. The van der Waals surface area contributed by atoms with Gasteiger partial charge >= 0.3 is 0 Å². The monoisotopic (exact) mass is 377 g/mol. The zero-order valence-electron chi connectivity index (χ0n) is 13.6. The molecule has 124 valence electrons. The van der Waals surface area contributed by atoms with Crippen LogP contribution in [0.5, 0.6) is 5.75 Å². The van der Waals surface area contributed by atoms with Crippen LogP contribution in [0.4, 0.5) is 0 Å². The Hall–Kier alpha value is -1.55. The lowest BCUT2D eigenvalue weighted by molar-refractivity contribution is 0.0950. The molecule has 0 saturated carbocycles. The Morgan fingerprint density at radius 2 is 1.78 bits per heavy atom. The largest absolute Gasteiger partial charge is 0.507 e. The predicted octanol–water partition coefficient (Wildman–Crippen LogP) is 5.40. The third-order valence-corrected chi connectivity index (χ3v) is 4.47. The van der Waals surface area contributed by atoms with Crippen LogP contribution in [0.25, 0.3) is 10.8 Å². The number of hydrogen-bond donors (Lipinski definition) is 2. The number of nitrogens with one attached hydrogen (secondary N) is 1. The fraction of sp³-hybridized carbons (Fsp3) is 0.421. The summed E-state index contributed by atoms with van der Waals surface area (Å²) in [7, 11) is 0. The Morgan fingerprint density at radius 1 is 1.04 bits per heavy atom. The molecule has 2 rings (SSSR count). The number of aromatic hydroxyl groups is 1. The van der Waals surface area contributed by atoms with Crippen molar-refractivity contribution in [3.63, 3.8) is 0 Å². The van der Waals surface area contributed by atoms with Gasteiger partial charge in [0.15, 0.2) is 0 Å². The number of phenolic OH excluding ortho intramolecular Hbond substituents is 1. The van der Waals surface area contributed by atoms with Crippen molar-refractivity contribution >= 4 is 32.6 Å². The van der Waals surface area contributed by atoms with Gasteiger partial charge < -0.3 is 10.4 Å². The summed E-state index contributed by atoms with van der Waals surface area (Å²) in [5.41, 5.74) is 0.335. The Morgan fingerprint density at radius 3 is 2.57 bits per heavy atom. The lowest BCUT2D eigenvalue weighted by Gasteiger charge is -2.09. The van der Waals surface area contributed by atoms with Crippen molar-refractivity contribution in [2.75, 3.05) is 6.54 Å². The summed E-state index contributed by atoms with van der Waals surface area (Å²) < 4.78 is 0.953. The maximum atomic E-state index is 12.2. The molecule has 0 fully saturated rings. The minimum Gasteiger partial charge on any atom is -0.507 e. The number of carbonyl (C=O) groups is 1. The number of carbonyl (C=O) groups excluding carboxylic acids is 1. The molecular weight excluding hydrogens is 354 g/mol. The van der Waals surface area contributed by atoms with E-state index >= 15 is 0 Å². The fourth-order valence-electron chi connectivity index (χ4n) is 2.64. The van der Waals surface area contributed by atoms with Crippen molar-refractivity contribution in [3.05, 3.63) is 40.4 Å². The van der Waals surface area contributed by atoms with Crippen molar-refractivity contribution in [1.82, 2.24) is 5.32 Å². The van der Waals surface area contributed by atoms with Gasteiger partial charge in [-0.1, -0.05) is 61.0 Å². The van der Waals surface area contributed by atoms with Gasteiger partial charge in [-0.2, -0.15) is 0 Å². The highest BCUT2D eigenvalue weighted by Crippen LogP contribution is 2.27. The van der Waals surface area contributed by atoms with Gasteiger partial charge in [0.1, 0.15) is 5.75 Å². The van der Waals surface area contributed by atoms with Gasteiger partial charge in [0, 0.05) is 11.0 Å². The van der Waals surface area contributed by atoms with E-state index in [0.717, 1.165) is 28.1 Å². The molecule has 3 nitrogen and oxygen atoms in total. The lowest BCUT2D eigenvalue weighted by atomic mass is 10.1. The smallest absolute Gasteiger partial charge is 0.255 e. The molecule has 0 bridgehead atoms. The Balaban J connectivity index is 1.91. The van der Waals surface area contributed by atoms with E-state index in [4.69, 9.17) is 0 Å². The molecule has 1 amide bonds. The maximum absolute atomic E-state index is 12.2. The van der Waals surface area contributed by atoms with Crippen LogP contribution in [-0.2, 0) is 0 Å². The molecule has 0 aliphatic carbocycles. The molecule has 4 heteroatoms. The molecule has 0 aliphatic heterocycles. The van der Waals surface area contributed by atoms with Gasteiger partial charge in [0.25, 0.3) is 5.91 Å². The number of hydrogen-bond acceptors (Lipinski definition) is 2. The normalized spacial score (nSPS) is 10.9. The van der Waals surface area contributed by atoms with E-state index in [1.807, 2.05) is 18.2 Å². The van der Waals surface area contributed by atoms with Crippen molar-refractivity contribution < 1.29 is 9.90 Å². The first-order chi connectivity index (χ1) is 11.1. The molecule has 0 radical (unpaired) electrons. The second-order valence-corrected chi connectivity index (χ2v) is 6.80. The fourth-order valence-corrected chi connectivity index (χ4v) is 3.02. The van der Waals surface area contributed by atoms with Crippen molar-refractivity contribution in [2.24, 2.45) is 0 Å². The summed E-state index contributed by atoms with van der Waals surface area (Å²) in [5.74, 6) is -0.182. The Labute approximate surface area is 146 Å². The maximum Gasteiger partial charge on any atom is 0.255 e. The van der Waals surface area contributed by atoms with E-state index in [1.165, 1.54) is 25.7 Å². The molecule has 0 spiro atoms. The van der Waals surface area contributed by atoms with Crippen LogP contribution in [0.3, 0.4) is 0 Å². The van der Waals surface area contributed by atoms with Crippen LogP contribution in [0, 0.1) is 0 Å². The van der Waals surface area contributed by atoms with E-state index in [2.05, 4.69) is 28.2 Å². The third-order valence-electron chi connectivity index (χ3n) is 3.98. The van der Waals surface area contributed by atoms with Crippen molar-refractivity contribution in [3.8, 4) is 5.75 Å². The Bertz CT molecular complexity index is 670. The van der Waals surface area contributed by atoms with Gasteiger partial charge in [-0.15, -0.1) is 0 Å². The topological polar surface area (TPSA) is 49.3 Å². The SMILES string of the molecule is CCCCCCCCNC(=O)c1cc2cc(Br)ccc2cc1O. The molecule has 0 atom stereocenters. The molecule has 0 saturated heterocycles. The predicted molar refractivity (Wildman–Crippen MR) is 99.0 cm³/mol. The van der Waals surface area contributed by atoms with Crippen LogP contribution in [0.2, 0.25) is 0 Å². The molecule has 0 aromatic heterocycles. The number of halogens is 1. The average molecular weight is 378 g/mol. The zero-order valence-corrected chi connectivity index (χ0v) is 15.2. The first-order valence-corrected chi connectivity index (χ1v) is 9.11. The number of fused-ring (bicyclic) bond motifs is 1. The Kier molecular flexibility index (Phi) is 6.90. The molecule has 0 aliphatic rings. The van der Waals surface area contributed by atoms with Crippen LogP contribution >= 0.6 is 15.9 Å². The number of amides is 1. The first kappa shape index (κ1) is 17.8. The molecular formula is C19H24BrNO2. The van der Waals surface area contributed by atoms with Gasteiger partial charge in [-0.05, 0) is 41.5 Å². The minimum atomic E-state index is -0.210. The highest BCUT2D eigenvalue weighted by molar-refractivity contribution is 9.10. The standard InChI is InChI=1S/C19H24BrNO2/c1-2-3-4-5-6-7-10-21-19(23)17-12-15-11-16(20)9-8-14(15)13-18(17)22/h8-9,11-13,22H,2-7,10H2,1H3,(H,21,23). The van der Waals surface area contributed by atoms with Gasteiger partial charge in [-0.3, -0.25) is 4.79 Å². The number of rotatable bonds is 8. The number of unbranched alkanes of at least 4 members (excludes halogenated alkanes) is 5. The summed E-state index contributed by atoms with van der Waals surface area (Å²) in [4.78, 5) is 12.2. The van der Waals surface area contributed by atoms with Crippen LogP contribution in [0.1, 0.15) is 55.8 Å².